The predicted octanol–water partition coefficient (Wildman–Crippen LogP) is 3.99. The average Bonchev–Trinajstić information content (AvgIpc) is 2.81. The van der Waals surface area contributed by atoms with Gasteiger partial charge < -0.3 is 14.4 Å². The third-order valence-electron chi connectivity index (χ3n) is 4.48. The number of carbonyl (C=O) groups is 2. The highest BCUT2D eigenvalue weighted by Gasteiger charge is 2.22. The van der Waals surface area contributed by atoms with Gasteiger partial charge in [-0.25, -0.2) is 4.79 Å². The van der Waals surface area contributed by atoms with E-state index in [1.165, 1.54) is 19.2 Å². The standard InChI is InChI=1S/C23H20N2O6/c1-30-23(27)18-12-13-21(20(14-18)25(28)29)31-16-22(26)24(19-10-6-3-7-11-19)15-17-8-4-2-5-9-17/h2-14H,15-16H2,1H3. The van der Waals surface area contributed by atoms with Gasteiger partial charge in [0.05, 0.1) is 24.1 Å². The monoisotopic (exact) mass is 420 g/mol. The summed E-state index contributed by atoms with van der Waals surface area (Å²) in [7, 11) is 1.18. The van der Waals surface area contributed by atoms with Gasteiger partial charge in [-0.05, 0) is 29.8 Å². The normalized spacial score (nSPS) is 10.2. The molecule has 8 nitrogen and oxygen atoms in total. The summed E-state index contributed by atoms with van der Waals surface area (Å²) in [5.41, 5.74) is 1.19. The number of hydrogen-bond acceptors (Lipinski definition) is 6. The van der Waals surface area contributed by atoms with Crippen molar-refractivity contribution in [3.63, 3.8) is 0 Å². The lowest BCUT2D eigenvalue weighted by molar-refractivity contribution is -0.385. The number of esters is 1. The zero-order valence-corrected chi connectivity index (χ0v) is 16.8. The van der Waals surface area contributed by atoms with Crippen molar-refractivity contribution in [1.82, 2.24) is 0 Å². The van der Waals surface area contributed by atoms with Gasteiger partial charge in [0.25, 0.3) is 5.91 Å². The molecule has 0 N–H and O–H groups in total. The number of methoxy groups -OCH3 is 1. The van der Waals surface area contributed by atoms with Crippen LogP contribution in [0.2, 0.25) is 0 Å². The van der Waals surface area contributed by atoms with E-state index in [4.69, 9.17) is 4.74 Å². The predicted molar refractivity (Wildman–Crippen MR) is 114 cm³/mol. The molecule has 0 radical (unpaired) electrons. The van der Waals surface area contributed by atoms with Crippen molar-refractivity contribution in [2.45, 2.75) is 6.54 Å². The van der Waals surface area contributed by atoms with Crippen LogP contribution in [0.4, 0.5) is 11.4 Å². The molecule has 31 heavy (non-hydrogen) atoms. The van der Waals surface area contributed by atoms with Crippen LogP contribution in [0.3, 0.4) is 0 Å². The molecule has 8 heteroatoms. The summed E-state index contributed by atoms with van der Waals surface area (Å²) < 4.78 is 10.1. The van der Waals surface area contributed by atoms with Gasteiger partial charge in [0, 0.05) is 11.8 Å². The van der Waals surface area contributed by atoms with E-state index in [0.29, 0.717) is 12.2 Å². The Morgan fingerprint density at radius 1 is 0.968 bits per heavy atom. The van der Waals surface area contributed by atoms with Gasteiger partial charge in [-0.15, -0.1) is 0 Å². The second kappa shape index (κ2) is 10.0. The summed E-state index contributed by atoms with van der Waals surface area (Å²) in [5, 5.41) is 11.4. The van der Waals surface area contributed by atoms with Crippen LogP contribution in [-0.2, 0) is 16.1 Å². The van der Waals surface area contributed by atoms with Crippen molar-refractivity contribution in [1.29, 1.82) is 0 Å². The molecule has 0 aliphatic carbocycles. The van der Waals surface area contributed by atoms with Crippen molar-refractivity contribution in [3.05, 3.63) is 100 Å². The first-order valence-corrected chi connectivity index (χ1v) is 9.38. The Hall–Kier alpha value is -4.20. The number of nitrogens with zero attached hydrogens (tertiary/aromatic N) is 2. The molecule has 0 fully saturated rings. The fourth-order valence-electron chi connectivity index (χ4n) is 2.94. The average molecular weight is 420 g/mol. The lowest BCUT2D eigenvalue weighted by Gasteiger charge is -2.23. The number of ether oxygens (including phenoxy) is 2. The smallest absolute Gasteiger partial charge is 0.338 e. The zero-order valence-electron chi connectivity index (χ0n) is 16.8. The summed E-state index contributed by atoms with van der Waals surface area (Å²) in [5.74, 6) is -1.19. The number of amides is 1. The number of rotatable bonds is 8. The molecule has 0 spiro atoms. The van der Waals surface area contributed by atoms with Crippen molar-refractivity contribution >= 4 is 23.3 Å². The SMILES string of the molecule is COC(=O)c1ccc(OCC(=O)N(Cc2ccccc2)c2ccccc2)c([N+](=O)[O-])c1. The molecule has 0 aromatic heterocycles. The van der Waals surface area contributed by atoms with Crippen LogP contribution < -0.4 is 9.64 Å². The number of para-hydroxylation sites is 1. The van der Waals surface area contributed by atoms with E-state index >= 15 is 0 Å². The van der Waals surface area contributed by atoms with Crippen LogP contribution in [-0.4, -0.2) is 30.5 Å². The van der Waals surface area contributed by atoms with Gasteiger partial charge in [0.2, 0.25) is 0 Å². The number of nitro groups is 1. The molecular weight excluding hydrogens is 400 g/mol. The lowest BCUT2D eigenvalue weighted by Crippen LogP contribution is -2.34. The molecule has 0 aliphatic rings. The van der Waals surface area contributed by atoms with Crippen LogP contribution in [0.1, 0.15) is 15.9 Å². The van der Waals surface area contributed by atoms with E-state index in [0.717, 1.165) is 11.6 Å². The maximum Gasteiger partial charge on any atom is 0.338 e. The summed E-state index contributed by atoms with van der Waals surface area (Å²) >= 11 is 0. The number of nitro benzene ring substituents is 1. The maximum atomic E-state index is 13.0. The van der Waals surface area contributed by atoms with Crippen molar-refractivity contribution < 1.29 is 24.0 Å². The second-order valence-electron chi connectivity index (χ2n) is 6.52. The van der Waals surface area contributed by atoms with E-state index in [9.17, 15) is 19.7 Å². The fourth-order valence-corrected chi connectivity index (χ4v) is 2.94. The van der Waals surface area contributed by atoms with Gasteiger partial charge in [0.1, 0.15) is 0 Å². The van der Waals surface area contributed by atoms with Crippen molar-refractivity contribution in [2.24, 2.45) is 0 Å². The molecule has 0 saturated heterocycles. The van der Waals surface area contributed by atoms with Gasteiger partial charge in [-0.2, -0.15) is 0 Å². The maximum absolute atomic E-state index is 13.0. The molecule has 0 bridgehead atoms. The Morgan fingerprint density at radius 3 is 2.23 bits per heavy atom. The van der Waals surface area contributed by atoms with Gasteiger partial charge in [-0.1, -0.05) is 48.5 Å². The van der Waals surface area contributed by atoms with Gasteiger partial charge in [-0.3, -0.25) is 14.9 Å². The Kier molecular flexibility index (Phi) is 6.95. The Balaban J connectivity index is 1.81. The molecular formula is C23H20N2O6. The van der Waals surface area contributed by atoms with Gasteiger partial charge in [0.15, 0.2) is 12.4 Å². The number of anilines is 1. The van der Waals surface area contributed by atoms with E-state index < -0.39 is 23.2 Å². The number of carbonyl (C=O) groups excluding carboxylic acids is 2. The third-order valence-corrected chi connectivity index (χ3v) is 4.48. The van der Waals surface area contributed by atoms with E-state index in [2.05, 4.69) is 4.74 Å². The van der Waals surface area contributed by atoms with Crippen LogP contribution in [0.5, 0.6) is 5.75 Å². The first kappa shape index (κ1) is 21.5. The Bertz CT molecular complexity index is 1070. The highest BCUT2D eigenvalue weighted by molar-refractivity contribution is 5.94. The van der Waals surface area contributed by atoms with E-state index in [-0.39, 0.29) is 17.2 Å². The van der Waals surface area contributed by atoms with Crippen LogP contribution >= 0.6 is 0 Å². The molecule has 0 atom stereocenters. The summed E-state index contributed by atoms with van der Waals surface area (Å²) in [6, 6.07) is 22.2. The number of hydrogen-bond donors (Lipinski definition) is 0. The highest BCUT2D eigenvalue weighted by Crippen LogP contribution is 2.28. The highest BCUT2D eigenvalue weighted by atomic mass is 16.6. The van der Waals surface area contributed by atoms with Crippen molar-refractivity contribution in [2.75, 3.05) is 18.6 Å². The van der Waals surface area contributed by atoms with Crippen LogP contribution in [0, 0.1) is 10.1 Å². The molecule has 3 rings (SSSR count). The first-order chi connectivity index (χ1) is 15.0. The topological polar surface area (TPSA) is 99.0 Å². The second-order valence-corrected chi connectivity index (χ2v) is 6.52. The zero-order chi connectivity index (χ0) is 22.2. The van der Waals surface area contributed by atoms with Gasteiger partial charge >= 0.3 is 11.7 Å². The largest absolute Gasteiger partial charge is 0.477 e. The fraction of sp³-hybridized carbons (Fsp3) is 0.130. The Labute approximate surface area is 178 Å². The minimum atomic E-state index is -0.705. The van der Waals surface area contributed by atoms with Crippen LogP contribution in [0.15, 0.2) is 78.9 Å². The molecule has 0 heterocycles. The minimum Gasteiger partial charge on any atom is -0.477 e. The first-order valence-electron chi connectivity index (χ1n) is 9.38. The molecule has 0 saturated carbocycles. The third kappa shape index (κ3) is 5.45. The summed E-state index contributed by atoms with van der Waals surface area (Å²) in [6.45, 7) is -0.101. The van der Waals surface area contributed by atoms with E-state index in [1.807, 2.05) is 48.5 Å². The van der Waals surface area contributed by atoms with E-state index in [1.54, 1.807) is 17.0 Å². The Morgan fingerprint density at radius 2 is 1.61 bits per heavy atom. The summed E-state index contributed by atoms with van der Waals surface area (Å²) in [4.78, 5) is 36.9. The molecule has 3 aromatic carbocycles. The molecule has 158 valence electrons. The van der Waals surface area contributed by atoms with Crippen LogP contribution in [0.25, 0.3) is 0 Å². The summed E-state index contributed by atoms with van der Waals surface area (Å²) in [6.07, 6.45) is 0. The lowest BCUT2D eigenvalue weighted by atomic mass is 10.2. The van der Waals surface area contributed by atoms with Crippen molar-refractivity contribution in [3.8, 4) is 5.75 Å². The molecule has 0 unspecified atom stereocenters. The molecule has 1 amide bonds. The molecule has 3 aromatic rings. The minimum absolute atomic E-state index is 0.0165. The number of benzene rings is 3. The quantitative estimate of drug-likeness (QED) is 0.310. The molecule has 0 aliphatic heterocycles.